The molecular weight excluding hydrogens is 356 g/mol. The van der Waals surface area contributed by atoms with Crippen LogP contribution in [0, 0.1) is 17.0 Å². The van der Waals surface area contributed by atoms with Crippen molar-refractivity contribution >= 4 is 39.9 Å². The van der Waals surface area contributed by atoms with Crippen LogP contribution in [0.4, 0.5) is 10.7 Å². The number of hydrogen-bond acceptors (Lipinski definition) is 9. The van der Waals surface area contributed by atoms with Crippen molar-refractivity contribution < 1.29 is 28.8 Å². The third kappa shape index (κ3) is 3.33. The molecule has 0 aromatic carbocycles. The van der Waals surface area contributed by atoms with E-state index in [1.54, 1.807) is 0 Å². The topological polar surface area (TPSA) is 154 Å². The van der Waals surface area contributed by atoms with Gasteiger partial charge in [-0.1, -0.05) is 0 Å². The van der Waals surface area contributed by atoms with Crippen LogP contribution in [0.3, 0.4) is 0 Å². The number of H-pyrrole nitrogens is 1. The Morgan fingerprint density at radius 1 is 1.28 bits per heavy atom. The van der Waals surface area contributed by atoms with Crippen molar-refractivity contribution in [3.05, 3.63) is 38.0 Å². The number of thiophene rings is 1. The molecule has 0 aliphatic heterocycles. The van der Waals surface area contributed by atoms with Gasteiger partial charge < -0.3 is 14.8 Å². The van der Waals surface area contributed by atoms with Gasteiger partial charge in [0, 0.05) is 0 Å². The quantitative estimate of drug-likeness (QED) is 0.457. The first-order valence-corrected chi connectivity index (χ1v) is 7.42. The van der Waals surface area contributed by atoms with Gasteiger partial charge in [0.2, 0.25) is 5.69 Å². The molecule has 0 radical (unpaired) electrons. The number of ether oxygens (including phenoxy) is 2. The number of aromatic nitrogens is 2. The SMILES string of the molecule is COC(=O)c1sc(NC(=O)c2[nH]ncc2[N+](=O)[O-])c(C(=O)OC)c1C. The van der Waals surface area contributed by atoms with E-state index in [0.717, 1.165) is 24.6 Å². The number of nitrogens with zero attached hydrogens (tertiary/aromatic N) is 2. The Morgan fingerprint density at radius 3 is 2.48 bits per heavy atom. The molecule has 2 heterocycles. The monoisotopic (exact) mass is 368 g/mol. The van der Waals surface area contributed by atoms with Crippen molar-refractivity contribution in [1.82, 2.24) is 10.2 Å². The molecule has 132 valence electrons. The van der Waals surface area contributed by atoms with Crippen LogP contribution in [0.15, 0.2) is 6.20 Å². The minimum Gasteiger partial charge on any atom is -0.465 e. The maximum Gasteiger partial charge on any atom is 0.348 e. The van der Waals surface area contributed by atoms with Gasteiger partial charge in [-0.15, -0.1) is 11.3 Å². The molecule has 0 saturated heterocycles. The Kier molecular flexibility index (Phi) is 5.12. The molecule has 2 aromatic rings. The molecular formula is C13H12N4O7S. The summed E-state index contributed by atoms with van der Waals surface area (Å²) in [4.78, 5) is 46.2. The van der Waals surface area contributed by atoms with Gasteiger partial charge in [-0.05, 0) is 12.5 Å². The second-order valence-electron chi connectivity index (χ2n) is 4.58. The second kappa shape index (κ2) is 7.09. The van der Waals surface area contributed by atoms with Gasteiger partial charge in [0.1, 0.15) is 16.1 Å². The van der Waals surface area contributed by atoms with Gasteiger partial charge >= 0.3 is 17.6 Å². The number of carbonyl (C=O) groups is 3. The molecule has 25 heavy (non-hydrogen) atoms. The number of nitro groups is 1. The largest absolute Gasteiger partial charge is 0.465 e. The Morgan fingerprint density at radius 2 is 1.92 bits per heavy atom. The van der Waals surface area contributed by atoms with E-state index in [0.29, 0.717) is 0 Å². The normalized spacial score (nSPS) is 10.2. The molecule has 2 N–H and O–H groups in total. The summed E-state index contributed by atoms with van der Waals surface area (Å²) in [6, 6.07) is 0. The van der Waals surface area contributed by atoms with E-state index >= 15 is 0 Å². The zero-order valence-corrected chi connectivity index (χ0v) is 14.1. The lowest BCUT2D eigenvalue weighted by Gasteiger charge is -2.04. The molecule has 0 bridgehead atoms. The first-order valence-electron chi connectivity index (χ1n) is 6.60. The third-order valence-electron chi connectivity index (χ3n) is 3.18. The summed E-state index contributed by atoms with van der Waals surface area (Å²) < 4.78 is 9.28. The van der Waals surface area contributed by atoms with Gasteiger partial charge in [0.25, 0.3) is 5.91 Å². The Labute approximate surface area is 144 Å². The van der Waals surface area contributed by atoms with E-state index < -0.39 is 34.2 Å². The standard InChI is InChI=1S/C13H12N4O7S/c1-5-7(12(19)23-2)11(25-9(5)13(20)24-3)15-10(18)8-6(17(21)22)4-14-16-8/h4H,1-3H3,(H,14,16)(H,15,18). The lowest BCUT2D eigenvalue weighted by Crippen LogP contribution is -2.16. The van der Waals surface area contributed by atoms with Crippen molar-refractivity contribution in [2.45, 2.75) is 6.92 Å². The smallest absolute Gasteiger partial charge is 0.348 e. The van der Waals surface area contributed by atoms with E-state index in [1.807, 2.05) is 0 Å². The van der Waals surface area contributed by atoms with Crippen LogP contribution in [-0.2, 0) is 9.47 Å². The summed E-state index contributed by atoms with van der Waals surface area (Å²) in [6.07, 6.45) is 0.885. The first kappa shape index (κ1) is 18.1. The summed E-state index contributed by atoms with van der Waals surface area (Å²) in [6.45, 7) is 1.49. The van der Waals surface area contributed by atoms with E-state index in [-0.39, 0.29) is 21.0 Å². The average molecular weight is 368 g/mol. The number of rotatable bonds is 5. The van der Waals surface area contributed by atoms with Crippen LogP contribution in [0.5, 0.6) is 0 Å². The number of aromatic amines is 1. The fourth-order valence-corrected chi connectivity index (χ4v) is 3.10. The zero-order valence-electron chi connectivity index (χ0n) is 13.2. The molecule has 2 aromatic heterocycles. The van der Waals surface area contributed by atoms with E-state index in [4.69, 9.17) is 0 Å². The minimum absolute atomic E-state index is 0.00125. The number of amides is 1. The lowest BCUT2D eigenvalue weighted by molar-refractivity contribution is -0.385. The fourth-order valence-electron chi connectivity index (χ4n) is 1.99. The van der Waals surface area contributed by atoms with Gasteiger partial charge in [0.15, 0.2) is 0 Å². The molecule has 0 spiro atoms. The Hall–Kier alpha value is -3.28. The van der Waals surface area contributed by atoms with Crippen molar-refractivity contribution in [2.24, 2.45) is 0 Å². The van der Waals surface area contributed by atoms with Crippen molar-refractivity contribution in [1.29, 1.82) is 0 Å². The van der Waals surface area contributed by atoms with Gasteiger partial charge in [-0.25, -0.2) is 9.59 Å². The lowest BCUT2D eigenvalue weighted by atomic mass is 10.1. The predicted molar refractivity (Wildman–Crippen MR) is 84.9 cm³/mol. The summed E-state index contributed by atoms with van der Waals surface area (Å²) in [7, 11) is 2.31. The van der Waals surface area contributed by atoms with Crippen LogP contribution in [-0.4, -0.2) is 47.2 Å². The zero-order chi connectivity index (χ0) is 18.7. The molecule has 0 unspecified atom stereocenters. The number of nitrogens with one attached hydrogen (secondary N) is 2. The molecule has 11 nitrogen and oxygen atoms in total. The number of esters is 2. The second-order valence-corrected chi connectivity index (χ2v) is 5.61. The third-order valence-corrected chi connectivity index (χ3v) is 4.36. The average Bonchev–Trinajstić information content (AvgIpc) is 3.18. The highest BCUT2D eigenvalue weighted by atomic mass is 32.1. The summed E-state index contributed by atoms with van der Waals surface area (Å²) in [5.41, 5.74) is -0.702. The molecule has 2 rings (SSSR count). The van der Waals surface area contributed by atoms with E-state index in [1.165, 1.54) is 14.0 Å². The molecule has 0 aliphatic rings. The van der Waals surface area contributed by atoms with E-state index in [9.17, 15) is 24.5 Å². The Bertz CT molecular complexity index is 870. The maximum atomic E-state index is 12.3. The van der Waals surface area contributed by atoms with Crippen LogP contribution in [0.2, 0.25) is 0 Å². The Balaban J connectivity index is 2.46. The van der Waals surface area contributed by atoms with E-state index in [2.05, 4.69) is 25.0 Å². The van der Waals surface area contributed by atoms with Gasteiger partial charge in [-0.2, -0.15) is 5.10 Å². The summed E-state index contributed by atoms with van der Waals surface area (Å²) in [5, 5.41) is 18.9. The molecule has 0 fully saturated rings. The van der Waals surface area contributed by atoms with Gasteiger partial charge in [0.05, 0.1) is 24.7 Å². The van der Waals surface area contributed by atoms with Crippen molar-refractivity contribution in [3.8, 4) is 0 Å². The molecule has 0 saturated carbocycles. The minimum atomic E-state index is -0.896. The maximum absolute atomic E-state index is 12.3. The number of carbonyl (C=O) groups excluding carboxylic acids is 3. The highest BCUT2D eigenvalue weighted by molar-refractivity contribution is 7.18. The fraction of sp³-hybridized carbons (Fsp3) is 0.231. The number of hydrogen-bond donors (Lipinski definition) is 2. The molecule has 12 heteroatoms. The van der Waals surface area contributed by atoms with Crippen molar-refractivity contribution in [2.75, 3.05) is 19.5 Å². The highest BCUT2D eigenvalue weighted by Crippen LogP contribution is 2.34. The van der Waals surface area contributed by atoms with Crippen LogP contribution in [0.25, 0.3) is 0 Å². The number of anilines is 1. The predicted octanol–water partition coefficient (Wildman–Crippen LogP) is 1.51. The molecule has 0 atom stereocenters. The van der Waals surface area contributed by atoms with Crippen molar-refractivity contribution in [3.63, 3.8) is 0 Å². The summed E-state index contributed by atoms with van der Waals surface area (Å²) >= 11 is 0.791. The van der Waals surface area contributed by atoms with Crippen LogP contribution < -0.4 is 5.32 Å². The summed E-state index contributed by atoms with van der Waals surface area (Å²) in [5.74, 6) is -2.37. The molecule has 0 aliphatic carbocycles. The first-order chi connectivity index (χ1) is 11.8. The van der Waals surface area contributed by atoms with Crippen LogP contribution in [0.1, 0.15) is 36.1 Å². The number of methoxy groups -OCH3 is 2. The molecule has 1 amide bonds. The van der Waals surface area contributed by atoms with Gasteiger partial charge in [-0.3, -0.25) is 20.0 Å². The van der Waals surface area contributed by atoms with Crippen LogP contribution >= 0.6 is 11.3 Å². The highest BCUT2D eigenvalue weighted by Gasteiger charge is 2.29.